The zero-order valence-electron chi connectivity index (χ0n) is 8.55. The minimum atomic E-state index is 0.227. The maximum Gasteiger partial charge on any atom is 0.128 e. The van der Waals surface area contributed by atoms with Crippen LogP contribution >= 0.6 is 15.9 Å². The summed E-state index contributed by atoms with van der Waals surface area (Å²) < 4.78 is 2.48. The largest absolute Gasteiger partial charge is 0.261 e. The van der Waals surface area contributed by atoms with Gasteiger partial charge < -0.3 is 0 Å². The molecule has 0 fully saturated rings. The lowest BCUT2D eigenvalue weighted by Gasteiger charge is -1.94. The van der Waals surface area contributed by atoms with Gasteiger partial charge in [0.15, 0.2) is 0 Å². The molecule has 80 valence electrons. The van der Waals surface area contributed by atoms with Crippen molar-refractivity contribution in [3.05, 3.63) is 28.8 Å². The standard InChI is InChI=1S/C10H8BrN5/c1-7-9(11)10(15-16(7)5-2-12)8-6-13-3-4-14-8/h3-4,6H,5H2,1H3. The summed E-state index contributed by atoms with van der Waals surface area (Å²) in [7, 11) is 0. The molecule has 16 heavy (non-hydrogen) atoms. The Bertz CT molecular complexity index is 540. The summed E-state index contributed by atoms with van der Waals surface area (Å²) in [6.07, 6.45) is 4.86. The Morgan fingerprint density at radius 1 is 1.50 bits per heavy atom. The van der Waals surface area contributed by atoms with Crippen LogP contribution in [0.3, 0.4) is 0 Å². The predicted octanol–water partition coefficient (Wildman–Crippen LogP) is 1.93. The fourth-order valence-electron chi connectivity index (χ4n) is 1.33. The van der Waals surface area contributed by atoms with E-state index in [1.54, 1.807) is 23.3 Å². The highest BCUT2D eigenvalue weighted by molar-refractivity contribution is 9.10. The van der Waals surface area contributed by atoms with E-state index in [1.807, 2.05) is 6.92 Å². The van der Waals surface area contributed by atoms with Crippen molar-refractivity contribution >= 4 is 15.9 Å². The quantitative estimate of drug-likeness (QED) is 0.841. The van der Waals surface area contributed by atoms with Gasteiger partial charge in [0.05, 0.1) is 22.4 Å². The van der Waals surface area contributed by atoms with E-state index in [1.165, 1.54) is 0 Å². The van der Waals surface area contributed by atoms with Crippen LogP contribution in [0.15, 0.2) is 23.1 Å². The number of hydrogen-bond acceptors (Lipinski definition) is 4. The number of aromatic nitrogens is 4. The molecule has 6 heteroatoms. The fourth-order valence-corrected chi connectivity index (χ4v) is 1.82. The second-order valence-corrected chi connectivity index (χ2v) is 3.95. The summed E-state index contributed by atoms with van der Waals surface area (Å²) >= 11 is 3.45. The van der Waals surface area contributed by atoms with E-state index in [9.17, 15) is 0 Å². The summed E-state index contributed by atoms with van der Waals surface area (Å²) in [6.45, 7) is 2.12. The van der Waals surface area contributed by atoms with Gasteiger partial charge in [0.1, 0.15) is 17.9 Å². The Morgan fingerprint density at radius 3 is 2.94 bits per heavy atom. The van der Waals surface area contributed by atoms with Gasteiger partial charge in [-0.3, -0.25) is 14.6 Å². The van der Waals surface area contributed by atoms with E-state index in [4.69, 9.17) is 5.26 Å². The molecule has 5 nitrogen and oxygen atoms in total. The average Bonchev–Trinajstić information content (AvgIpc) is 2.59. The molecule has 0 amide bonds. The monoisotopic (exact) mass is 277 g/mol. The second-order valence-electron chi connectivity index (χ2n) is 3.15. The molecule has 0 unspecified atom stereocenters. The van der Waals surface area contributed by atoms with Crippen LogP contribution in [0.2, 0.25) is 0 Å². The molecule has 2 aromatic heterocycles. The summed E-state index contributed by atoms with van der Waals surface area (Å²) in [5.41, 5.74) is 2.30. The van der Waals surface area contributed by atoms with Crippen LogP contribution in [-0.2, 0) is 6.54 Å². The van der Waals surface area contributed by atoms with Crippen LogP contribution in [0.4, 0.5) is 0 Å². The molecule has 0 N–H and O–H groups in total. The topological polar surface area (TPSA) is 67.4 Å². The molecule has 0 aliphatic rings. The highest BCUT2D eigenvalue weighted by Gasteiger charge is 2.14. The lowest BCUT2D eigenvalue weighted by molar-refractivity contribution is 0.687. The van der Waals surface area contributed by atoms with Gasteiger partial charge in [-0.1, -0.05) is 0 Å². The lowest BCUT2D eigenvalue weighted by Crippen LogP contribution is -2.00. The van der Waals surface area contributed by atoms with Crippen LogP contribution in [0, 0.1) is 18.3 Å². The summed E-state index contributed by atoms with van der Waals surface area (Å²) in [4.78, 5) is 8.16. The molecule has 0 aromatic carbocycles. The zero-order chi connectivity index (χ0) is 11.5. The highest BCUT2D eigenvalue weighted by atomic mass is 79.9. The number of nitriles is 1. The van der Waals surface area contributed by atoms with Crippen molar-refractivity contribution in [1.29, 1.82) is 5.26 Å². The molecular weight excluding hydrogens is 270 g/mol. The summed E-state index contributed by atoms with van der Waals surface area (Å²) in [5, 5.41) is 13.0. The molecule has 2 rings (SSSR count). The molecule has 0 saturated heterocycles. The van der Waals surface area contributed by atoms with Crippen molar-refractivity contribution in [1.82, 2.24) is 19.7 Å². The molecule has 0 aliphatic heterocycles. The van der Waals surface area contributed by atoms with Gasteiger partial charge in [0.2, 0.25) is 0 Å². The molecule has 2 heterocycles. The van der Waals surface area contributed by atoms with Crippen molar-refractivity contribution in [3.63, 3.8) is 0 Å². The maximum atomic E-state index is 8.66. The first-order valence-electron chi connectivity index (χ1n) is 4.60. The number of rotatable bonds is 2. The first-order chi connectivity index (χ1) is 7.74. The van der Waals surface area contributed by atoms with Crippen LogP contribution < -0.4 is 0 Å². The van der Waals surface area contributed by atoms with Gasteiger partial charge in [0, 0.05) is 12.4 Å². The van der Waals surface area contributed by atoms with Gasteiger partial charge in [-0.05, 0) is 22.9 Å². The first-order valence-corrected chi connectivity index (χ1v) is 5.39. The van der Waals surface area contributed by atoms with Crippen LogP contribution in [0.5, 0.6) is 0 Å². The minimum absolute atomic E-state index is 0.227. The molecule has 0 atom stereocenters. The Kier molecular flexibility index (Phi) is 2.97. The van der Waals surface area contributed by atoms with E-state index in [0.717, 1.165) is 10.2 Å². The Morgan fingerprint density at radius 2 is 2.31 bits per heavy atom. The average molecular weight is 278 g/mol. The molecular formula is C10H8BrN5. The molecule has 2 aromatic rings. The van der Waals surface area contributed by atoms with Crippen molar-refractivity contribution in [2.24, 2.45) is 0 Å². The van der Waals surface area contributed by atoms with Crippen molar-refractivity contribution in [2.75, 3.05) is 0 Å². The van der Waals surface area contributed by atoms with Crippen LogP contribution in [-0.4, -0.2) is 19.7 Å². The molecule has 0 spiro atoms. The first kappa shape index (κ1) is 10.8. The van der Waals surface area contributed by atoms with E-state index in [2.05, 4.69) is 37.1 Å². The third-order valence-electron chi connectivity index (χ3n) is 2.16. The van der Waals surface area contributed by atoms with E-state index in [-0.39, 0.29) is 6.54 Å². The Balaban J connectivity index is 2.52. The molecule has 0 bridgehead atoms. The molecule has 0 radical (unpaired) electrons. The van der Waals surface area contributed by atoms with Gasteiger partial charge >= 0.3 is 0 Å². The Hall–Kier alpha value is -1.74. The van der Waals surface area contributed by atoms with Gasteiger partial charge in [0.25, 0.3) is 0 Å². The van der Waals surface area contributed by atoms with Crippen LogP contribution in [0.1, 0.15) is 5.69 Å². The second kappa shape index (κ2) is 4.41. The third kappa shape index (κ3) is 1.82. The SMILES string of the molecule is Cc1c(Br)c(-c2cnccn2)nn1CC#N. The maximum absolute atomic E-state index is 8.66. The minimum Gasteiger partial charge on any atom is -0.261 e. The van der Waals surface area contributed by atoms with E-state index < -0.39 is 0 Å². The van der Waals surface area contributed by atoms with Crippen molar-refractivity contribution < 1.29 is 0 Å². The zero-order valence-corrected chi connectivity index (χ0v) is 10.1. The number of hydrogen-bond donors (Lipinski definition) is 0. The van der Waals surface area contributed by atoms with Crippen LogP contribution in [0.25, 0.3) is 11.4 Å². The molecule has 0 saturated carbocycles. The van der Waals surface area contributed by atoms with Crippen molar-refractivity contribution in [2.45, 2.75) is 13.5 Å². The molecule has 0 aliphatic carbocycles. The lowest BCUT2D eigenvalue weighted by atomic mass is 10.3. The normalized spacial score (nSPS) is 10.1. The fraction of sp³-hybridized carbons (Fsp3) is 0.200. The van der Waals surface area contributed by atoms with Gasteiger partial charge in [-0.15, -0.1) is 0 Å². The van der Waals surface area contributed by atoms with Gasteiger partial charge in [-0.25, -0.2) is 0 Å². The smallest absolute Gasteiger partial charge is 0.128 e. The number of nitrogens with zero attached hydrogens (tertiary/aromatic N) is 5. The van der Waals surface area contributed by atoms with Crippen molar-refractivity contribution in [3.8, 4) is 17.5 Å². The third-order valence-corrected chi connectivity index (χ3v) is 3.11. The van der Waals surface area contributed by atoms with Gasteiger partial charge in [-0.2, -0.15) is 10.4 Å². The summed E-state index contributed by atoms with van der Waals surface area (Å²) in [6, 6.07) is 2.06. The van der Waals surface area contributed by atoms with E-state index in [0.29, 0.717) is 11.4 Å². The van der Waals surface area contributed by atoms with E-state index >= 15 is 0 Å². The number of halogens is 1. The Labute approximate surface area is 101 Å². The highest BCUT2D eigenvalue weighted by Crippen LogP contribution is 2.28. The summed E-state index contributed by atoms with van der Waals surface area (Å²) in [5.74, 6) is 0. The predicted molar refractivity (Wildman–Crippen MR) is 61.3 cm³/mol.